The van der Waals surface area contributed by atoms with Crippen molar-refractivity contribution in [1.29, 1.82) is 0 Å². The molecule has 0 aliphatic heterocycles. The molecule has 0 rings (SSSR count). The fourth-order valence-corrected chi connectivity index (χ4v) is 3.96. The molecule has 0 aliphatic carbocycles. The van der Waals surface area contributed by atoms with Gasteiger partial charge in [0.1, 0.15) is 0 Å². The largest absolute Gasteiger partial charge is 0.0654 e. The molecule has 0 nitrogen and oxygen atoms in total. The van der Waals surface area contributed by atoms with Gasteiger partial charge in [-0.15, -0.1) is 0 Å². The van der Waals surface area contributed by atoms with Crippen LogP contribution in [0.5, 0.6) is 0 Å². The van der Waals surface area contributed by atoms with Gasteiger partial charge in [-0.05, 0) is 0 Å². The molecule has 0 spiro atoms. The molecule has 0 atom stereocenters. The van der Waals surface area contributed by atoms with Crippen molar-refractivity contribution in [2.45, 2.75) is 168 Å². The Bertz CT molecular complexity index is 214. The van der Waals surface area contributed by atoms with Crippen molar-refractivity contribution < 1.29 is 1.37 Å². The fourth-order valence-electron chi connectivity index (χ4n) is 3.96. The molecule has 0 heterocycles. The lowest BCUT2D eigenvalue weighted by Crippen LogP contribution is -1.84. The van der Waals surface area contributed by atoms with Crippen LogP contribution in [0.4, 0.5) is 0 Å². The summed E-state index contributed by atoms with van der Waals surface area (Å²) in [5.74, 6) is 0. The zero-order chi connectivity index (χ0) is 19.7. The zero-order valence-corrected chi connectivity index (χ0v) is 18.7. The van der Waals surface area contributed by atoms with E-state index in [2.05, 4.69) is 6.92 Å². The minimum absolute atomic E-state index is 0.624. The van der Waals surface area contributed by atoms with Gasteiger partial charge in [0.25, 0.3) is 0 Å². The van der Waals surface area contributed by atoms with Crippen LogP contribution in [0, 0.1) is 0 Å². The van der Waals surface area contributed by atoms with E-state index in [4.69, 9.17) is 1.37 Å². The summed E-state index contributed by atoms with van der Waals surface area (Å²) in [5.41, 5.74) is 0. The summed E-state index contributed by atoms with van der Waals surface area (Å²) in [6.45, 7) is 2.92. The highest BCUT2D eigenvalue weighted by Gasteiger charge is 1.95. The highest BCUT2D eigenvalue weighted by molar-refractivity contribution is 4.51. The summed E-state index contributed by atoms with van der Waals surface area (Å²) in [5, 5.41) is 0. The van der Waals surface area contributed by atoms with Gasteiger partial charge in [0, 0.05) is 1.37 Å². The molecule has 0 bridgehead atoms. The molecule has 0 saturated heterocycles. The van der Waals surface area contributed by atoms with Crippen LogP contribution in [0.1, 0.15) is 169 Å². The van der Waals surface area contributed by atoms with Crippen molar-refractivity contribution >= 4 is 0 Å². The zero-order valence-electron chi connectivity index (χ0n) is 19.7. The third kappa shape index (κ3) is 24.0. The van der Waals surface area contributed by atoms with Crippen LogP contribution in [0.25, 0.3) is 0 Å². The Morgan fingerprint density at radius 3 is 0.692 bits per heavy atom. The first-order chi connectivity index (χ1) is 13.4. The standard InChI is InChI=1S/C26H54/c1-3-5-7-9-11-13-15-17-19-21-23-25-26-24-22-20-18-16-14-12-10-8-6-4-2/h3-26H2,1-2H3/i1D. The van der Waals surface area contributed by atoms with Gasteiger partial charge in [0.2, 0.25) is 0 Å². The number of hydrogen-bond donors (Lipinski definition) is 0. The first-order valence-electron chi connectivity index (χ1n) is 13.4. The average molecular weight is 368 g/mol. The molecule has 0 heteroatoms. The first kappa shape index (κ1) is 24.0. The number of rotatable bonds is 23. The summed E-state index contributed by atoms with van der Waals surface area (Å²) in [6, 6.07) is 0. The summed E-state index contributed by atoms with van der Waals surface area (Å²) >= 11 is 0. The molecular weight excluding hydrogens is 312 g/mol. The van der Waals surface area contributed by atoms with Gasteiger partial charge in [-0.1, -0.05) is 168 Å². The molecule has 0 aromatic rings. The molecule has 158 valence electrons. The monoisotopic (exact) mass is 367 g/mol. The van der Waals surface area contributed by atoms with E-state index in [0.717, 1.165) is 6.42 Å². The lowest BCUT2D eigenvalue weighted by atomic mass is 10.0. The van der Waals surface area contributed by atoms with Crippen LogP contribution in [0.3, 0.4) is 0 Å². The molecule has 0 aromatic carbocycles. The van der Waals surface area contributed by atoms with Gasteiger partial charge < -0.3 is 0 Å². The SMILES string of the molecule is [2H]CCCCCCCCCCCCCCCCCCCCCCCCCC. The van der Waals surface area contributed by atoms with Gasteiger partial charge >= 0.3 is 0 Å². The first-order valence-corrected chi connectivity index (χ1v) is 12.7. The molecule has 0 fully saturated rings. The molecule has 26 heavy (non-hydrogen) atoms. The Morgan fingerprint density at radius 2 is 0.500 bits per heavy atom. The topological polar surface area (TPSA) is 0 Å². The third-order valence-electron chi connectivity index (χ3n) is 5.85. The van der Waals surface area contributed by atoms with Gasteiger partial charge in [0.15, 0.2) is 0 Å². The Hall–Kier alpha value is 0. The van der Waals surface area contributed by atoms with Gasteiger partial charge in [-0.25, -0.2) is 0 Å². The van der Waals surface area contributed by atoms with E-state index in [0.29, 0.717) is 6.90 Å². The van der Waals surface area contributed by atoms with Gasteiger partial charge in [-0.2, -0.15) is 0 Å². The van der Waals surface area contributed by atoms with Crippen molar-refractivity contribution in [3.8, 4) is 0 Å². The van der Waals surface area contributed by atoms with E-state index < -0.39 is 0 Å². The Morgan fingerprint density at radius 1 is 0.308 bits per heavy atom. The van der Waals surface area contributed by atoms with Crippen LogP contribution < -0.4 is 0 Å². The lowest BCUT2D eigenvalue weighted by molar-refractivity contribution is 0.518. The Kier molecular flexibility index (Phi) is 23.1. The van der Waals surface area contributed by atoms with Crippen molar-refractivity contribution in [2.75, 3.05) is 0 Å². The highest BCUT2D eigenvalue weighted by atomic mass is 14.0. The smallest absolute Gasteiger partial charge is 0.0230 e. The predicted octanol–water partition coefficient (Wildman–Crippen LogP) is 10.4. The van der Waals surface area contributed by atoms with E-state index in [1.807, 2.05) is 0 Å². The molecule has 0 unspecified atom stereocenters. The Balaban J connectivity index is 2.95. The van der Waals surface area contributed by atoms with Crippen LogP contribution in [0.2, 0.25) is 0 Å². The number of hydrogen-bond acceptors (Lipinski definition) is 0. The highest BCUT2D eigenvalue weighted by Crippen LogP contribution is 2.15. The molecule has 0 amide bonds. The van der Waals surface area contributed by atoms with Gasteiger partial charge in [-0.3, -0.25) is 0 Å². The molecule has 0 aromatic heterocycles. The summed E-state index contributed by atoms with van der Waals surface area (Å²) < 4.78 is 7.13. The minimum atomic E-state index is 0.624. The lowest BCUT2D eigenvalue weighted by Gasteiger charge is -2.04. The number of unbranched alkanes of at least 4 members (excludes halogenated alkanes) is 23. The summed E-state index contributed by atoms with van der Waals surface area (Å²) in [6.07, 6.45) is 34.4. The molecule has 0 saturated carbocycles. The average Bonchev–Trinajstić information content (AvgIpc) is 2.68. The molecule has 0 N–H and O–H groups in total. The second-order valence-corrected chi connectivity index (χ2v) is 8.63. The normalized spacial score (nSPS) is 11.8. The van der Waals surface area contributed by atoms with Crippen molar-refractivity contribution in [3.63, 3.8) is 0 Å². The second kappa shape index (κ2) is 25.0. The van der Waals surface area contributed by atoms with Crippen LogP contribution >= 0.6 is 0 Å². The van der Waals surface area contributed by atoms with E-state index in [1.165, 1.54) is 148 Å². The summed E-state index contributed by atoms with van der Waals surface area (Å²) in [4.78, 5) is 0. The van der Waals surface area contributed by atoms with E-state index in [9.17, 15) is 0 Å². The maximum absolute atomic E-state index is 7.13. The predicted molar refractivity (Wildman–Crippen MR) is 122 cm³/mol. The maximum Gasteiger partial charge on any atom is 0.0230 e. The minimum Gasteiger partial charge on any atom is -0.0654 e. The Labute approximate surface area is 169 Å². The van der Waals surface area contributed by atoms with Crippen molar-refractivity contribution in [3.05, 3.63) is 0 Å². The maximum atomic E-state index is 7.13. The van der Waals surface area contributed by atoms with Crippen LogP contribution in [-0.4, -0.2) is 0 Å². The third-order valence-corrected chi connectivity index (χ3v) is 5.85. The van der Waals surface area contributed by atoms with Crippen molar-refractivity contribution in [1.82, 2.24) is 0 Å². The quantitative estimate of drug-likeness (QED) is 0.157. The van der Waals surface area contributed by atoms with Gasteiger partial charge in [0.05, 0.1) is 0 Å². The molecule has 0 aliphatic rings. The molecule has 0 radical (unpaired) electrons. The molecular formula is C26H54. The fraction of sp³-hybridized carbons (Fsp3) is 1.00. The van der Waals surface area contributed by atoms with E-state index in [1.54, 1.807) is 0 Å². The van der Waals surface area contributed by atoms with Crippen LogP contribution in [-0.2, 0) is 0 Å². The van der Waals surface area contributed by atoms with E-state index in [-0.39, 0.29) is 0 Å². The summed E-state index contributed by atoms with van der Waals surface area (Å²) in [7, 11) is 0. The van der Waals surface area contributed by atoms with Crippen molar-refractivity contribution in [2.24, 2.45) is 0 Å². The second-order valence-electron chi connectivity index (χ2n) is 8.63. The van der Waals surface area contributed by atoms with E-state index >= 15 is 0 Å². The van der Waals surface area contributed by atoms with Crippen LogP contribution in [0.15, 0.2) is 0 Å².